The fourth-order valence-electron chi connectivity index (χ4n) is 8.11. The summed E-state index contributed by atoms with van der Waals surface area (Å²) in [6, 6.07) is 10.9. The number of carboxylic acids is 1. The Hall–Kier alpha value is -4.57. The van der Waals surface area contributed by atoms with Gasteiger partial charge < -0.3 is 34.6 Å². The number of aromatic nitrogens is 3. The molecule has 0 bridgehead atoms. The molecule has 1 spiro atoms. The number of hydrogen-bond donors (Lipinski definition) is 5. The maximum Gasteiger partial charge on any atom is 0.326 e. The molecule has 3 aliphatic rings. The van der Waals surface area contributed by atoms with Crippen LogP contribution in [0.25, 0.3) is 33.3 Å². The Morgan fingerprint density at radius 2 is 2.07 bits per heavy atom. The van der Waals surface area contributed by atoms with Crippen LogP contribution in [0.5, 0.6) is 5.75 Å². The van der Waals surface area contributed by atoms with Gasteiger partial charge in [-0.15, -0.1) is 0 Å². The number of nitrogens with zero attached hydrogens (tertiary/aromatic N) is 2. The van der Waals surface area contributed by atoms with Gasteiger partial charge in [0.05, 0.1) is 22.9 Å². The van der Waals surface area contributed by atoms with Crippen molar-refractivity contribution in [1.82, 2.24) is 19.9 Å². The topological polar surface area (TPSA) is 154 Å². The van der Waals surface area contributed by atoms with Crippen LogP contribution in [-0.4, -0.2) is 54.4 Å². The number of H-pyrrole nitrogens is 1. The fraction of sp³-hybridized carbons (Fsp3) is 0.344. The number of carbonyl (C=O) groups excluding carboxylic acids is 1. The second-order valence-electron chi connectivity index (χ2n) is 12.2. The van der Waals surface area contributed by atoms with Gasteiger partial charge in [0.15, 0.2) is 0 Å². The molecule has 3 heterocycles. The molecule has 214 valence electrons. The summed E-state index contributed by atoms with van der Waals surface area (Å²) in [5.41, 5.74) is 4.45. The number of phenols is 1. The highest BCUT2D eigenvalue weighted by Gasteiger charge is 2.74. The predicted octanol–water partition coefficient (Wildman–Crippen LogP) is 4.49. The molecule has 1 amide bonds. The molecule has 3 aliphatic carbocycles. The highest BCUT2D eigenvalue weighted by molar-refractivity contribution is 6.00. The number of furan rings is 1. The fourth-order valence-corrected chi connectivity index (χ4v) is 8.11. The van der Waals surface area contributed by atoms with Gasteiger partial charge in [-0.3, -0.25) is 4.79 Å². The largest absolute Gasteiger partial charge is 0.508 e. The van der Waals surface area contributed by atoms with Crippen molar-refractivity contribution in [3.63, 3.8) is 0 Å². The molecule has 5 aromatic rings. The van der Waals surface area contributed by atoms with Gasteiger partial charge in [0.25, 0.3) is 5.91 Å². The number of phenolic OH excluding ortho intramolecular Hbond substituents is 1. The van der Waals surface area contributed by atoms with E-state index in [1.54, 1.807) is 49.1 Å². The van der Waals surface area contributed by atoms with Crippen LogP contribution >= 0.6 is 0 Å². The maximum absolute atomic E-state index is 13.4. The predicted molar refractivity (Wildman–Crippen MR) is 153 cm³/mol. The monoisotopic (exact) mass is 566 g/mol. The summed E-state index contributed by atoms with van der Waals surface area (Å²) in [6.45, 7) is 0.130. The Kier molecular flexibility index (Phi) is 5.37. The van der Waals surface area contributed by atoms with Crippen LogP contribution in [0.1, 0.15) is 41.2 Å². The first kappa shape index (κ1) is 25.2. The summed E-state index contributed by atoms with van der Waals surface area (Å²) in [4.78, 5) is 33.6. The summed E-state index contributed by atoms with van der Waals surface area (Å²) in [5.74, 6) is 0.345. The number of benzene rings is 2. The third-order valence-electron chi connectivity index (χ3n) is 10.2. The van der Waals surface area contributed by atoms with E-state index < -0.39 is 17.9 Å². The van der Waals surface area contributed by atoms with E-state index in [1.807, 2.05) is 12.1 Å². The Morgan fingerprint density at radius 3 is 2.81 bits per heavy atom. The number of nitrogens with one attached hydrogen (secondary N) is 2. The summed E-state index contributed by atoms with van der Waals surface area (Å²) < 4.78 is 7.64. The zero-order chi connectivity index (χ0) is 28.7. The lowest BCUT2D eigenvalue weighted by Crippen LogP contribution is -2.42. The van der Waals surface area contributed by atoms with Gasteiger partial charge >= 0.3 is 5.97 Å². The first-order chi connectivity index (χ1) is 20.4. The van der Waals surface area contributed by atoms with E-state index in [2.05, 4.69) is 14.9 Å². The van der Waals surface area contributed by atoms with Crippen molar-refractivity contribution in [2.45, 2.75) is 37.8 Å². The first-order valence-electron chi connectivity index (χ1n) is 14.4. The molecule has 2 aromatic carbocycles. The number of fused-ring (bicyclic) bond motifs is 2. The first-order valence-corrected chi connectivity index (χ1v) is 14.4. The van der Waals surface area contributed by atoms with Gasteiger partial charge in [-0.2, -0.15) is 0 Å². The molecule has 0 radical (unpaired) electrons. The maximum atomic E-state index is 13.4. The van der Waals surface area contributed by atoms with Crippen LogP contribution in [0.2, 0.25) is 0 Å². The Balaban J connectivity index is 1.12. The highest BCUT2D eigenvalue weighted by Crippen LogP contribution is 2.80. The van der Waals surface area contributed by atoms with Gasteiger partial charge in [0, 0.05) is 47.7 Å². The lowest BCUT2D eigenvalue weighted by Gasteiger charge is -2.40. The molecule has 3 fully saturated rings. The van der Waals surface area contributed by atoms with Crippen molar-refractivity contribution in [3.05, 3.63) is 72.3 Å². The summed E-state index contributed by atoms with van der Waals surface area (Å²) in [7, 11) is 0. The molecule has 3 unspecified atom stereocenters. The van der Waals surface area contributed by atoms with Gasteiger partial charge in [-0.1, -0.05) is 0 Å². The van der Waals surface area contributed by atoms with Crippen molar-refractivity contribution in [1.29, 1.82) is 0 Å². The van der Waals surface area contributed by atoms with Crippen LogP contribution in [0, 0.1) is 23.2 Å². The van der Waals surface area contributed by atoms with Crippen LogP contribution in [0.15, 0.2) is 65.6 Å². The molecule has 10 heteroatoms. The Bertz CT molecular complexity index is 1870. The molecule has 42 heavy (non-hydrogen) atoms. The number of imidazole rings is 1. The van der Waals surface area contributed by atoms with E-state index in [-0.39, 0.29) is 30.7 Å². The minimum Gasteiger partial charge on any atom is -0.508 e. The molecule has 3 saturated carbocycles. The zero-order valence-electron chi connectivity index (χ0n) is 22.7. The van der Waals surface area contributed by atoms with Gasteiger partial charge in [0.2, 0.25) is 0 Å². The number of carboxylic acid groups (broad SMARTS) is 1. The molecule has 3 aromatic heterocycles. The molecular weight excluding hydrogens is 536 g/mol. The molecule has 8 rings (SSSR count). The molecular formula is C32H30N4O6. The quantitative estimate of drug-likeness (QED) is 0.185. The van der Waals surface area contributed by atoms with Crippen molar-refractivity contribution in [3.8, 4) is 17.1 Å². The highest BCUT2D eigenvalue weighted by atomic mass is 16.4. The second-order valence-corrected chi connectivity index (χ2v) is 12.2. The molecule has 0 aliphatic heterocycles. The van der Waals surface area contributed by atoms with E-state index in [9.17, 15) is 24.9 Å². The average Bonchev–Trinajstić information content (AvgIpc) is 3.29. The van der Waals surface area contributed by atoms with Crippen molar-refractivity contribution >= 4 is 33.8 Å². The molecule has 6 atom stereocenters. The number of rotatable bonds is 8. The van der Waals surface area contributed by atoms with E-state index in [1.165, 1.54) is 12.8 Å². The summed E-state index contributed by atoms with van der Waals surface area (Å²) >= 11 is 0. The lowest BCUT2D eigenvalue weighted by molar-refractivity contribution is -0.139. The average molecular weight is 567 g/mol. The second kappa shape index (κ2) is 8.96. The number of amides is 1. The third kappa shape index (κ3) is 3.57. The van der Waals surface area contributed by atoms with E-state index in [4.69, 9.17) is 9.40 Å². The minimum absolute atomic E-state index is 0.0422. The zero-order valence-corrected chi connectivity index (χ0v) is 22.7. The van der Waals surface area contributed by atoms with E-state index >= 15 is 0 Å². The number of carbonyl (C=O) groups is 2. The number of hydrogen-bond acceptors (Lipinski definition) is 6. The van der Waals surface area contributed by atoms with Crippen LogP contribution < -0.4 is 5.32 Å². The summed E-state index contributed by atoms with van der Waals surface area (Å²) in [5, 5.41) is 33.6. The lowest BCUT2D eigenvalue weighted by atomic mass is 9.69. The molecule has 0 saturated heterocycles. The molecule has 10 nitrogen and oxygen atoms in total. The smallest absolute Gasteiger partial charge is 0.326 e. The number of aliphatic hydroxyl groups excluding tert-OH is 1. The van der Waals surface area contributed by atoms with Gasteiger partial charge in [-0.05, 0) is 84.5 Å². The number of aliphatic carboxylic acids is 1. The SMILES string of the molecule is O=C(N[C@@H](Cc1c[nH]c2ccc(O)cc12)C(=O)O)c1ccc2c(c1)nc(-c1ccoc1)n2[C@@H]1C2CCC23CC3[C@@H]1CO. The van der Waals surface area contributed by atoms with Crippen molar-refractivity contribution in [2.24, 2.45) is 23.2 Å². The van der Waals surface area contributed by atoms with Crippen LogP contribution in [-0.2, 0) is 11.2 Å². The van der Waals surface area contributed by atoms with Gasteiger partial charge in [0.1, 0.15) is 23.9 Å². The van der Waals surface area contributed by atoms with Gasteiger partial charge in [-0.25, -0.2) is 9.78 Å². The minimum atomic E-state index is -1.18. The van der Waals surface area contributed by atoms with Crippen molar-refractivity contribution < 1.29 is 29.3 Å². The summed E-state index contributed by atoms with van der Waals surface area (Å²) in [6.07, 6.45) is 8.56. The Labute approximate surface area is 240 Å². The van der Waals surface area contributed by atoms with E-state index in [0.717, 1.165) is 28.8 Å². The van der Waals surface area contributed by atoms with Crippen LogP contribution in [0.4, 0.5) is 0 Å². The third-order valence-corrected chi connectivity index (χ3v) is 10.2. The number of aliphatic hydroxyl groups is 1. The van der Waals surface area contributed by atoms with Crippen molar-refractivity contribution in [2.75, 3.05) is 6.61 Å². The standard InChI is InChI=1S/C32H30N4O6/c37-14-21-23-12-32(23)7-5-22(32)28(21)36-27-4-1-16(9-25(27)34-29(36)17-6-8-42-15-17)30(39)35-26(31(40)41)10-18-13-33-24-3-2-19(38)11-20(18)24/h1-4,6,8-9,11,13,15,21-23,26,28,33,37-38H,5,7,10,12,14H2,(H,35,39)(H,40,41)/t21-,22?,23?,26-,28-,32?/m0/s1. The normalized spacial score (nSPS) is 26.5. The molecule has 5 N–H and O–H groups in total. The van der Waals surface area contributed by atoms with Crippen LogP contribution in [0.3, 0.4) is 0 Å². The Morgan fingerprint density at radius 1 is 1.19 bits per heavy atom. The number of aromatic hydroxyl groups is 1. The van der Waals surface area contributed by atoms with E-state index in [0.29, 0.717) is 39.3 Å². The number of aromatic amines is 1.